The minimum absolute atomic E-state index is 0.177. The molecule has 0 unspecified atom stereocenters. The van der Waals surface area contributed by atoms with Crippen LogP contribution in [0.25, 0.3) is 10.9 Å². The van der Waals surface area contributed by atoms with Gasteiger partial charge in [-0.15, -0.1) is 0 Å². The lowest BCUT2D eigenvalue weighted by atomic mass is 10.2. The Kier molecular flexibility index (Phi) is 7.86. The van der Waals surface area contributed by atoms with E-state index in [4.69, 9.17) is 24.7 Å². The highest BCUT2D eigenvalue weighted by Gasteiger charge is 2.30. The molecule has 0 atom stereocenters. The number of nitrogens with one attached hydrogen (secondary N) is 1. The number of hydrogen-bond acceptors (Lipinski definition) is 8. The molecule has 0 saturated heterocycles. The average Bonchev–Trinajstić information content (AvgIpc) is 3.31. The number of alkyl halides is 3. The zero-order chi connectivity index (χ0) is 27.3. The number of pyridine rings is 1. The number of ether oxygens (including phenoxy) is 4. The number of carbonyl (C=O) groups excluding carboxylic acids is 1. The molecule has 0 aliphatic rings. The van der Waals surface area contributed by atoms with Crippen LogP contribution in [0.3, 0.4) is 0 Å². The van der Waals surface area contributed by atoms with Gasteiger partial charge in [0.1, 0.15) is 11.5 Å². The lowest BCUT2D eigenvalue weighted by Crippen LogP contribution is -2.21. The standard InChI is InChI=1S/C25H24F3N5O5/c1-35-20-11-17-18(12-21(20)36-2)30-9-7-19(17)38-16-5-3-15(4-6-16)31-24(34)23-22(37-14-25(26,27)28)13-33(32-23)10-8-29/h3-7,9,11-13H,8,10,14,29H2,1-2H3,(H,31,34). The van der Waals surface area contributed by atoms with E-state index in [-0.39, 0.29) is 24.5 Å². The van der Waals surface area contributed by atoms with Gasteiger partial charge in [0, 0.05) is 29.9 Å². The van der Waals surface area contributed by atoms with Crippen molar-refractivity contribution in [1.82, 2.24) is 14.8 Å². The Morgan fingerprint density at radius 3 is 2.39 bits per heavy atom. The fourth-order valence-corrected chi connectivity index (χ4v) is 3.53. The number of hydrogen-bond donors (Lipinski definition) is 2. The molecule has 3 N–H and O–H groups in total. The minimum atomic E-state index is -4.57. The van der Waals surface area contributed by atoms with E-state index in [9.17, 15) is 18.0 Å². The number of methoxy groups -OCH3 is 2. The Balaban J connectivity index is 1.50. The molecule has 10 nitrogen and oxygen atoms in total. The predicted octanol–water partition coefficient (Wildman–Crippen LogP) is 4.39. The maximum absolute atomic E-state index is 12.8. The van der Waals surface area contributed by atoms with Gasteiger partial charge in [-0.25, -0.2) is 0 Å². The largest absolute Gasteiger partial charge is 0.493 e. The average molecular weight is 531 g/mol. The van der Waals surface area contributed by atoms with E-state index in [1.54, 1.807) is 48.7 Å². The molecule has 0 bridgehead atoms. The summed E-state index contributed by atoms with van der Waals surface area (Å²) in [6, 6.07) is 11.6. The second-order valence-electron chi connectivity index (χ2n) is 7.91. The van der Waals surface area contributed by atoms with Gasteiger partial charge in [0.25, 0.3) is 5.91 Å². The van der Waals surface area contributed by atoms with E-state index in [0.29, 0.717) is 39.6 Å². The first kappa shape index (κ1) is 26.5. The fraction of sp³-hybridized carbons (Fsp3) is 0.240. The van der Waals surface area contributed by atoms with Crippen molar-refractivity contribution in [1.29, 1.82) is 0 Å². The smallest absolute Gasteiger partial charge is 0.422 e. The Morgan fingerprint density at radius 2 is 1.74 bits per heavy atom. The second kappa shape index (κ2) is 11.3. The van der Waals surface area contributed by atoms with Crippen molar-refractivity contribution in [2.24, 2.45) is 5.73 Å². The van der Waals surface area contributed by atoms with E-state index < -0.39 is 18.7 Å². The van der Waals surface area contributed by atoms with Gasteiger partial charge in [-0.3, -0.25) is 14.5 Å². The Hall–Kier alpha value is -4.52. The van der Waals surface area contributed by atoms with Gasteiger partial charge in [-0.05, 0) is 36.4 Å². The van der Waals surface area contributed by atoms with Gasteiger partial charge in [-0.1, -0.05) is 0 Å². The zero-order valence-corrected chi connectivity index (χ0v) is 20.4. The molecule has 0 spiro atoms. The number of anilines is 1. The quantitative estimate of drug-likeness (QED) is 0.309. The number of amides is 1. The molecule has 2 aromatic heterocycles. The van der Waals surface area contributed by atoms with Crippen molar-refractivity contribution in [2.75, 3.05) is 32.7 Å². The Morgan fingerprint density at radius 1 is 1.03 bits per heavy atom. The van der Waals surface area contributed by atoms with Crippen LogP contribution in [0.15, 0.2) is 54.9 Å². The monoisotopic (exact) mass is 531 g/mol. The Labute approximate surface area is 215 Å². The summed E-state index contributed by atoms with van der Waals surface area (Å²) < 4.78 is 60.6. The third-order valence-corrected chi connectivity index (χ3v) is 5.24. The van der Waals surface area contributed by atoms with Crippen LogP contribution in [0.2, 0.25) is 0 Å². The molecule has 2 aromatic carbocycles. The second-order valence-corrected chi connectivity index (χ2v) is 7.91. The SMILES string of the molecule is COc1cc2nccc(Oc3ccc(NC(=O)c4nn(CCN)cc4OCC(F)(F)F)cc3)c2cc1OC. The van der Waals surface area contributed by atoms with Crippen molar-refractivity contribution in [3.63, 3.8) is 0 Å². The van der Waals surface area contributed by atoms with Gasteiger partial charge in [0.2, 0.25) is 0 Å². The normalized spacial score (nSPS) is 11.3. The zero-order valence-electron chi connectivity index (χ0n) is 20.4. The first-order valence-corrected chi connectivity index (χ1v) is 11.3. The predicted molar refractivity (Wildman–Crippen MR) is 132 cm³/mol. The summed E-state index contributed by atoms with van der Waals surface area (Å²) in [5.74, 6) is 0.988. The molecule has 0 aliphatic carbocycles. The number of halogens is 3. The molecule has 4 rings (SSSR count). The van der Waals surface area contributed by atoms with Crippen LogP contribution in [0, 0.1) is 0 Å². The van der Waals surface area contributed by atoms with Crippen molar-refractivity contribution < 1.29 is 36.9 Å². The number of nitrogens with zero attached hydrogens (tertiary/aromatic N) is 3. The Bertz CT molecular complexity index is 1420. The third kappa shape index (κ3) is 6.24. The van der Waals surface area contributed by atoms with Crippen LogP contribution in [-0.4, -0.2) is 54.2 Å². The number of aromatic nitrogens is 3. The summed E-state index contributed by atoms with van der Waals surface area (Å²) in [4.78, 5) is 17.1. The molecule has 2 heterocycles. The van der Waals surface area contributed by atoms with E-state index in [0.717, 1.165) is 0 Å². The summed E-state index contributed by atoms with van der Waals surface area (Å²) in [7, 11) is 3.06. The van der Waals surface area contributed by atoms with Crippen LogP contribution in [-0.2, 0) is 6.54 Å². The molecule has 38 heavy (non-hydrogen) atoms. The first-order valence-electron chi connectivity index (χ1n) is 11.3. The van der Waals surface area contributed by atoms with Crippen LogP contribution in [0.4, 0.5) is 18.9 Å². The van der Waals surface area contributed by atoms with Gasteiger partial charge in [-0.2, -0.15) is 18.3 Å². The molecule has 0 saturated carbocycles. The summed E-state index contributed by atoms with van der Waals surface area (Å²) >= 11 is 0. The van der Waals surface area contributed by atoms with Gasteiger partial charge in [0.15, 0.2) is 29.5 Å². The van der Waals surface area contributed by atoms with Gasteiger partial charge >= 0.3 is 6.18 Å². The highest BCUT2D eigenvalue weighted by atomic mass is 19.4. The number of carbonyl (C=O) groups is 1. The molecule has 1 amide bonds. The molecule has 0 radical (unpaired) electrons. The van der Waals surface area contributed by atoms with E-state index in [2.05, 4.69) is 15.4 Å². The van der Waals surface area contributed by atoms with Crippen molar-refractivity contribution in [3.8, 4) is 28.7 Å². The minimum Gasteiger partial charge on any atom is -0.493 e. The molecule has 4 aromatic rings. The summed E-state index contributed by atoms with van der Waals surface area (Å²) in [5.41, 5.74) is 6.19. The lowest BCUT2D eigenvalue weighted by molar-refractivity contribution is -0.153. The molecule has 200 valence electrons. The van der Waals surface area contributed by atoms with E-state index >= 15 is 0 Å². The van der Waals surface area contributed by atoms with Crippen LogP contribution in [0.5, 0.6) is 28.7 Å². The third-order valence-electron chi connectivity index (χ3n) is 5.24. The maximum Gasteiger partial charge on any atom is 0.422 e. The van der Waals surface area contributed by atoms with Crippen molar-refractivity contribution >= 4 is 22.5 Å². The molecular weight excluding hydrogens is 507 g/mol. The van der Waals surface area contributed by atoms with Crippen LogP contribution >= 0.6 is 0 Å². The lowest BCUT2D eigenvalue weighted by Gasteiger charge is -2.13. The summed E-state index contributed by atoms with van der Waals surface area (Å²) in [5, 5.41) is 7.30. The number of benzene rings is 2. The first-order chi connectivity index (χ1) is 18.2. The molecule has 13 heteroatoms. The molecule has 0 fully saturated rings. The van der Waals surface area contributed by atoms with Crippen LogP contribution in [0.1, 0.15) is 10.5 Å². The van der Waals surface area contributed by atoms with E-state index in [1.807, 2.05) is 0 Å². The summed E-state index contributed by atoms with van der Waals surface area (Å²) in [6.45, 7) is -1.18. The van der Waals surface area contributed by atoms with E-state index in [1.165, 1.54) is 25.1 Å². The summed E-state index contributed by atoms with van der Waals surface area (Å²) in [6.07, 6.45) is -1.77. The highest BCUT2D eigenvalue weighted by molar-refractivity contribution is 6.04. The van der Waals surface area contributed by atoms with Crippen molar-refractivity contribution in [2.45, 2.75) is 12.7 Å². The van der Waals surface area contributed by atoms with Gasteiger partial charge in [0.05, 0.1) is 32.5 Å². The number of rotatable bonds is 10. The highest BCUT2D eigenvalue weighted by Crippen LogP contribution is 2.37. The number of fused-ring (bicyclic) bond motifs is 1. The van der Waals surface area contributed by atoms with Gasteiger partial charge < -0.3 is 30.0 Å². The fourth-order valence-electron chi connectivity index (χ4n) is 3.53. The molecular formula is C25H24F3N5O5. The number of nitrogens with two attached hydrogens (primary N) is 1. The molecule has 0 aliphatic heterocycles. The maximum atomic E-state index is 12.8. The van der Waals surface area contributed by atoms with Crippen molar-refractivity contribution in [3.05, 3.63) is 60.6 Å². The topological polar surface area (TPSA) is 123 Å². The van der Waals surface area contributed by atoms with Crippen LogP contribution < -0.4 is 30.0 Å².